The Kier molecular flexibility index (Phi) is 14.7. The van der Waals surface area contributed by atoms with E-state index in [1.165, 1.54) is 28.7 Å². The molecule has 2 rings (SSSR count). The lowest BCUT2D eigenvalue weighted by atomic mass is 10.1. The van der Waals surface area contributed by atoms with E-state index in [2.05, 4.69) is 83.0 Å². The van der Waals surface area contributed by atoms with Crippen LogP contribution in [0, 0.1) is 0 Å². The number of carbonyl (C=O) groups is 1. The highest BCUT2D eigenvalue weighted by Crippen LogP contribution is 2.24. The zero-order valence-electron chi connectivity index (χ0n) is 25.6. The van der Waals surface area contributed by atoms with Crippen molar-refractivity contribution in [2.45, 2.75) is 93.0 Å². The van der Waals surface area contributed by atoms with E-state index in [9.17, 15) is 4.79 Å². The molecule has 1 fully saturated rings. The number of nitrogens with zero attached hydrogens (tertiary/aromatic N) is 1. The molecular weight excluding hydrogens is 484 g/mol. The van der Waals surface area contributed by atoms with Crippen LogP contribution in [-0.2, 0) is 0 Å². The zero-order chi connectivity index (χ0) is 28.6. The summed E-state index contributed by atoms with van der Waals surface area (Å²) in [6.45, 7) is 18.7. The number of nitrogens with one attached hydrogen (secondary N) is 1. The van der Waals surface area contributed by atoms with Gasteiger partial charge >= 0.3 is 0 Å². The van der Waals surface area contributed by atoms with Crippen LogP contribution in [0.4, 0.5) is 0 Å². The molecule has 1 aliphatic rings. The van der Waals surface area contributed by atoms with E-state index in [-0.39, 0.29) is 5.91 Å². The van der Waals surface area contributed by atoms with Crippen LogP contribution in [0.1, 0.15) is 97.3 Å². The first-order chi connectivity index (χ1) is 18.7. The van der Waals surface area contributed by atoms with Gasteiger partial charge in [0.05, 0.1) is 0 Å². The van der Waals surface area contributed by atoms with Crippen LogP contribution in [0.25, 0.3) is 0 Å². The number of allylic oxidation sites excluding steroid dienone is 6. The van der Waals surface area contributed by atoms with E-state index >= 15 is 0 Å². The molecule has 0 saturated carbocycles. The van der Waals surface area contributed by atoms with Gasteiger partial charge in [0.2, 0.25) is 0 Å². The maximum atomic E-state index is 13.1. The van der Waals surface area contributed by atoms with Gasteiger partial charge in [-0.1, -0.05) is 41.4 Å². The predicted molar refractivity (Wildman–Crippen MR) is 165 cm³/mol. The van der Waals surface area contributed by atoms with Gasteiger partial charge in [0.25, 0.3) is 5.91 Å². The minimum atomic E-state index is -0.0878. The third-order valence-corrected chi connectivity index (χ3v) is 7.09. The topological polar surface area (TPSA) is 50.8 Å². The van der Waals surface area contributed by atoms with Gasteiger partial charge in [0.1, 0.15) is 24.7 Å². The molecule has 1 amide bonds. The van der Waals surface area contributed by atoms with E-state index in [0.29, 0.717) is 42.9 Å². The molecule has 0 spiro atoms. The lowest BCUT2D eigenvalue weighted by Gasteiger charge is -2.23. The molecule has 1 aliphatic heterocycles. The minimum absolute atomic E-state index is 0.0878. The second-order valence-electron chi connectivity index (χ2n) is 11.2. The molecule has 5 heteroatoms. The number of amides is 1. The standard InChI is InChI=1S/C34H52N2O3/c1-8-36-19-11-16-31(36)25-35-34(37)30-22-32(38-20-17-28(6)14-9-12-26(2)3)24-33(23-30)39-21-18-29(7)15-10-13-27(4)5/h12-13,17-18,22-24,31H,8-11,14-16,19-21,25H2,1-7H3,(H,35,37). The first-order valence-corrected chi connectivity index (χ1v) is 14.7. The van der Waals surface area contributed by atoms with E-state index in [4.69, 9.17) is 9.47 Å². The Labute approximate surface area is 238 Å². The fourth-order valence-electron chi connectivity index (χ4n) is 4.67. The van der Waals surface area contributed by atoms with Gasteiger partial charge < -0.3 is 14.8 Å². The molecule has 1 atom stereocenters. The largest absolute Gasteiger partial charge is 0.489 e. The fraction of sp³-hybridized carbons (Fsp3) is 0.559. The highest BCUT2D eigenvalue weighted by Gasteiger charge is 2.23. The summed E-state index contributed by atoms with van der Waals surface area (Å²) in [7, 11) is 0. The first-order valence-electron chi connectivity index (χ1n) is 14.7. The Morgan fingerprint density at radius 1 is 0.872 bits per heavy atom. The smallest absolute Gasteiger partial charge is 0.251 e. The molecule has 1 aromatic rings. The molecule has 1 aromatic carbocycles. The second-order valence-corrected chi connectivity index (χ2v) is 11.2. The van der Waals surface area contributed by atoms with E-state index in [1.54, 1.807) is 0 Å². The van der Waals surface area contributed by atoms with Gasteiger partial charge in [0, 0.05) is 24.2 Å². The first kappa shape index (κ1) is 32.4. The Bertz CT molecular complexity index is 967. The van der Waals surface area contributed by atoms with Crippen molar-refractivity contribution < 1.29 is 14.3 Å². The number of benzene rings is 1. The van der Waals surface area contributed by atoms with Crippen LogP contribution in [0.2, 0.25) is 0 Å². The average molecular weight is 537 g/mol. The molecule has 0 radical (unpaired) electrons. The summed E-state index contributed by atoms with van der Waals surface area (Å²) in [4.78, 5) is 15.6. The quantitative estimate of drug-likeness (QED) is 0.217. The molecule has 0 aliphatic carbocycles. The molecule has 0 bridgehead atoms. The van der Waals surface area contributed by atoms with Crippen LogP contribution in [0.3, 0.4) is 0 Å². The summed E-state index contributed by atoms with van der Waals surface area (Å²) < 4.78 is 12.1. The molecule has 1 heterocycles. The zero-order valence-corrected chi connectivity index (χ0v) is 25.6. The van der Waals surface area contributed by atoms with Crippen LogP contribution in [-0.4, -0.2) is 49.7 Å². The fourth-order valence-corrected chi connectivity index (χ4v) is 4.67. The van der Waals surface area contributed by atoms with Crippen molar-refractivity contribution in [1.29, 1.82) is 0 Å². The highest BCUT2D eigenvalue weighted by molar-refractivity contribution is 5.95. The van der Waals surface area contributed by atoms with Gasteiger partial charge in [-0.2, -0.15) is 0 Å². The molecule has 0 aromatic heterocycles. The second kappa shape index (κ2) is 17.7. The maximum absolute atomic E-state index is 13.1. The monoisotopic (exact) mass is 536 g/mol. The highest BCUT2D eigenvalue weighted by atomic mass is 16.5. The van der Waals surface area contributed by atoms with Crippen LogP contribution < -0.4 is 14.8 Å². The Hall–Kier alpha value is -2.79. The van der Waals surface area contributed by atoms with Crippen molar-refractivity contribution >= 4 is 5.91 Å². The minimum Gasteiger partial charge on any atom is -0.489 e. The maximum Gasteiger partial charge on any atom is 0.251 e. The molecule has 216 valence electrons. The third kappa shape index (κ3) is 13.2. The van der Waals surface area contributed by atoms with Crippen molar-refractivity contribution in [3.05, 3.63) is 70.4 Å². The molecule has 5 nitrogen and oxygen atoms in total. The normalized spacial score (nSPS) is 16.1. The number of likely N-dealkylation sites (N-methyl/N-ethyl adjacent to an activating group) is 1. The van der Waals surface area contributed by atoms with Gasteiger partial charge in [-0.15, -0.1) is 0 Å². The van der Waals surface area contributed by atoms with Crippen molar-refractivity contribution in [2.75, 3.05) is 32.8 Å². The van der Waals surface area contributed by atoms with E-state index in [1.807, 2.05) is 18.2 Å². The Morgan fingerprint density at radius 3 is 1.90 bits per heavy atom. The number of ether oxygens (including phenoxy) is 2. The summed E-state index contributed by atoms with van der Waals surface area (Å²) in [6, 6.07) is 5.93. The lowest BCUT2D eigenvalue weighted by molar-refractivity contribution is 0.0940. The molecule has 1 unspecified atom stereocenters. The van der Waals surface area contributed by atoms with Crippen molar-refractivity contribution in [3.63, 3.8) is 0 Å². The SMILES string of the molecule is CCN1CCCC1CNC(=O)c1cc(OCC=C(C)CCC=C(C)C)cc(OCC=C(C)CCC=C(C)C)c1. The molecule has 1 saturated heterocycles. The number of hydrogen-bond acceptors (Lipinski definition) is 4. The number of likely N-dealkylation sites (tertiary alicyclic amines) is 1. The average Bonchev–Trinajstić information content (AvgIpc) is 3.34. The molecular formula is C34H52N2O3. The summed E-state index contributed by atoms with van der Waals surface area (Å²) >= 11 is 0. The van der Waals surface area contributed by atoms with Gasteiger partial charge in [0.15, 0.2) is 0 Å². The van der Waals surface area contributed by atoms with Crippen molar-refractivity contribution in [1.82, 2.24) is 10.2 Å². The van der Waals surface area contributed by atoms with E-state index in [0.717, 1.165) is 45.2 Å². The van der Waals surface area contributed by atoms with Gasteiger partial charge in [-0.05, 0) is 117 Å². The summed E-state index contributed by atoms with van der Waals surface area (Å²) in [6.07, 6.45) is 15.2. The third-order valence-electron chi connectivity index (χ3n) is 7.09. The van der Waals surface area contributed by atoms with Crippen LogP contribution in [0.15, 0.2) is 64.8 Å². The van der Waals surface area contributed by atoms with Crippen LogP contribution >= 0.6 is 0 Å². The summed E-state index contributed by atoms with van der Waals surface area (Å²) in [5.41, 5.74) is 5.84. The van der Waals surface area contributed by atoms with Crippen molar-refractivity contribution in [2.24, 2.45) is 0 Å². The predicted octanol–water partition coefficient (Wildman–Crippen LogP) is 8.04. The Balaban J connectivity index is 2.07. The number of rotatable bonds is 16. The summed E-state index contributed by atoms with van der Waals surface area (Å²) in [5.74, 6) is 1.20. The van der Waals surface area contributed by atoms with E-state index < -0.39 is 0 Å². The number of carbonyl (C=O) groups excluding carboxylic acids is 1. The van der Waals surface area contributed by atoms with Crippen molar-refractivity contribution in [3.8, 4) is 11.5 Å². The molecule has 1 N–H and O–H groups in total. The van der Waals surface area contributed by atoms with Gasteiger partial charge in [-0.3, -0.25) is 9.69 Å². The lowest BCUT2D eigenvalue weighted by Crippen LogP contribution is -2.40. The molecule has 39 heavy (non-hydrogen) atoms. The summed E-state index contributed by atoms with van der Waals surface area (Å²) in [5, 5.41) is 3.15. The van der Waals surface area contributed by atoms with Crippen LogP contribution in [0.5, 0.6) is 11.5 Å². The van der Waals surface area contributed by atoms with Gasteiger partial charge in [-0.25, -0.2) is 0 Å². The Morgan fingerprint density at radius 2 is 1.41 bits per heavy atom. The number of hydrogen-bond donors (Lipinski definition) is 1.